The maximum Gasteiger partial charge on any atom is 0.165 e. The second-order valence-electron chi connectivity index (χ2n) is 7.52. The minimum atomic E-state index is -3.49. The Bertz CT molecular complexity index is 1070. The zero-order valence-electron chi connectivity index (χ0n) is 16.6. The van der Waals surface area contributed by atoms with E-state index in [1.807, 2.05) is 30.3 Å². The summed E-state index contributed by atoms with van der Waals surface area (Å²) in [5.41, 5.74) is 3.24. The van der Waals surface area contributed by atoms with Gasteiger partial charge in [0.2, 0.25) is 0 Å². The standard InChI is InChI=1S/C23H25FO5S/c1-15-14-30(28,29)22(13-25)23(15)21(27)10-8-18(17-5-3-2-4-6-17)11-16-7-9-20(26)19(24)12-16/h2-7,9,11-12,21-22,25-27H,8,10,13-14H2,1H3/b18-11-/t21-,22+/m1/s1. The van der Waals surface area contributed by atoms with Gasteiger partial charge in [-0.05, 0) is 54.2 Å². The Morgan fingerprint density at radius 1 is 1.23 bits per heavy atom. The molecule has 0 bridgehead atoms. The van der Waals surface area contributed by atoms with E-state index in [1.54, 1.807) is 19.1 Å². The van der Waals surface area contributed by atoms with Crippen molar-refractivity contribution < 1.29 is 28.1 Å². The van der Waals surface area contributed by atoms with Crippen LogP contribution in [0.3, 0.4) is 0 Å². The summed E-state index contributed by atoms with van der Waals surface area (Å²) < 4.78 is 38.1. The van der Waals surface area contributed by atoms with E-state index in [4.69, 9.17) is 0 Å². The molecule has 2 aromatic carbocycles. The number of halogens is 1. The van der Waals surface area contributed by atoms with Gasteiger partial charge in [-0.3, -0.25) is 0 Å². The number of aliphatic hydroxyl groups excluding tert-OH is 2. The second-order valence-corrected chi connectivity index (χ2v) is 9.70. The Labute approximate surface area is 175 Å². The maximum atomic E-state index is 13.7. The van der Waals surface area contributed by atoms with Gasteiger partial charge in [-0.1, -0.05) is 48.0 Å². The zero-order chi connectivity index (χ0) is 21.9. The molecular formula is C23H25FO5S. The number of aliphatic hydroxyl groups is 2. The normalized spacial score (nSPS) is 19.9. The van der Waals surface area contributed by atoms with Crippen LogP contribution in [0.25, 0.3) is 11.6 Å². The average Bonchev–Trinajstić information content (AvgIpc) is 2.95. The number of sulfone groups is 1. The summed E-state index contributed by atoms with van der Waals surface area (Å²) in [6.07, 6.45) is 1.42. The largest absolute Gasteiger partial charge is 0.505 e. The molecule has 0 amide bonds. The van der Waals surface area contributed by atoms with Crippen molar-refractivity contribution in [1.82, 2.24) is 0 Å². The molecule has 3 N–H and O–H groups in total. The average molecular weight is 433 g/mol. The summed E-state index contributed by atoms with van der Waals surface area (Å²) in [6, 6.07) is 13.5. The number of allylic oxidation sites excluding steroid dienone is 1. The van der Waals surface area contributed by atoms with Crippen LogP contribution in [0.5, 0.6) is 5.75 Å². The van der Waals surface area contributed by atoms with E-state index in [2.05, 4.69) is 0 Å². The van der Waals surface area contributed by atoms with Crippen molar-refractivity contribution in [2.45, 2.75) is 31.1 Å². The summed E-state index contributed by atoms with van der Waals surface area (Å²) in [6.45, 7) is 1.11. The van der Waals surface area contributed by atoms with Gasteiger partial charge in [-0.2, -0.15) is 0 Å². The highest BCUT2D eigenvalue weighted by atomic mass is 32.2. The van der Waals surface area contributed by atoms with E-state index in [9.17, 15) is 28.1 Å². The second kappa shape index (κ2) is 9.12. The molecule has 0 aromatic heterocycles. The fourth-order valence-corrected chi connectivity index (χ4v) is 5.82. The molecule has 30 heavy (non-hydrogen) atoms. The quantitative estimate of drug-likeness (QED) is 0.461. The van der Waals surface area contributed by atoms with Crippen LogP contribution in [-0.2, 0) is 9.84 Å². The molecule has 1 aliphatic rings. The van der Waals surface area contributed by atoms with Crippen LogP contribution in [0.4, 0.5) is 4.39 Å². The predicted molar refractivity (Wildman–Crippen MR) is 115 cm³/mol. The minimum absolute atomic E-state index is 0.154. The highest BCUT2D eigenvalue weighted by Gasteiger charge is 2.39. The Kier molecular flexibility index (Phi) is 6.75. The fourth-order valence-electron chi connectivity index (χ4n) is 3.88. The van der Waals surface area contributed by atoms with Gasteiger partial charge in [0.25, 0.3) is 0 Å². The topological polar surface area (TPSA) is 94.8 Å². The van der Waals surface area contributed by atoms with Crippen molar-refractivity contribution >= 4 is 21.5 Å². The van der Waals surface area contributed by atoms with Gasteiger partial charge in [-0.15, -0.1) is 0 Å². The number of hydrogen-bond acceptors (Lipinski definition) is 5. The van der Waals surface area contributed by atoms with Crippen molar-refractivity contribution in [2.75, 3.05) is 12.4 Å². The molecule has 0 saturated carbocycles. The van der Waals surface area contributed by atoms with Crippen LogP contribution < -0.4 is 0 Å². The monoisotopic (exact) mass is 432 g/mol. The minimum Gasteiger partial charge on any atom is -0.505 e. The summed E-state index contributed by atoms with van der Waals surface area (Å²) in [4.78, 5) is 0. The van der Waals surface area contributed by atoms with Gasteiger partial charge in [0.05, 0.1) is 18.5 Å². The zero-order valence-corrected chi connectivity index (χ0v) is 17.4. The van der Waals surface area contributed by atoms with Crippen molar-refractivity contribution in [3.63, 3.8) is 0 Å². The van der Waals surface area contributed by atoms with Gasteiger partial charge in [0.1, 0.15) is 5.25 Å². The van der Waals surface area contributed by atoms with Gasteiger partial charge >= 0.3 is 0 Å². The molecule has 0 radical (unpaired) electrons. The fraction of sp³-hybridized carbons (Fsp3) is 0.304. The van der Waals surface area contributed by atoms with E-state index in [-0.39, 0.29) is 12.2 Å². The van der Waals surface area contributed by atoms with Crippen molar-refractivity contribution in [2.24, 2.45) is 0 Å². The first-order valence-corrected chi connectivity index (χ1v) is 11.4. The molecule has 2 atom stereocenters. The predicted octanol–water partition coefficient (Wildman–Crippen LogP) is 3.32. The lowest BCUT2D eigenvalue weighted by Gasteiger charge is -2.19. The molecule has 1 aliphatic heterocycles. The Morgan fingerprint density at radius 2 is 1.93 bits per heavy atom. The maximum absolute atomic E-state index is 13.7. The molecule has 160 valence electrons. The SMILES string of the molecule is CC1=C([C@H](O)CC/C(=C/c2ccc(O)c(F)c2)c2ccccc2)[C@H](CO)S(=O)(=O)C1. The van der Waals surface area contributed by atoms with E-state index < -0.39 is 39.4 Å². The number of hydrogen-bond donors (Lipinski definition) is 3. The molecule has 0 spiro atoms. The van der Waals surface area contributed by atoms with E-state index in [0.717, 1.165) is 11.1 Å². The lowest BCUT2D eigenvalue weighted by Crippen LogP contribution is -2.29. The van der Waals surface area contributed by atoms with Crippen molar-refractivity contribution in [1.29, 1.82) is 0 Å². The van der Waals surface area contributed by atoms with Crippen LogP contribution in [0.2, 0.25) is 0 Å². The van der Waals surface area contributed by atoms with Gasteiger partial charge in [0, 0.05) is 0 Å². The number of aromatic hydroxyl groups is 1. The third-order valence-electron chi connectivity index (χ3n) is 5.36. The van der Waals surface area contributed by atoms with Crippen LogP contribution in [0, 0.1) is 5.82 Å². The Hall–Kier alpha value is -2.48. The smallest absolute Gasteiger partial charge is 0.165 e. The molecule has 5 nitrogen and oxygen atoms in total. The highest BCUT2D eigenvalue weighted by Crippen LogP contribution is 2.33. The molecule has 1 heterocycles. The van der Waals surface area contributed by atoms with Crippen LogP contribution in [0.15, 0.2) is 59.7 Å². The van der Waals surface area contributed by atoms with E-state index in [0.29, 0.717) is 23.1 Å². The van der Waals surface area contributed by atoms with Gasteiger partial charge in [-0.25, -0.2) is 12.8 Å². The first-order chi connectivity index (χ1) is 14.2. The number of phenolic OH excluding ortho intramolecular Hbond substituents is 1. The number of rotatable bonds is 7. The van der Waals surface area contributed by atoms with Crippen LogP contribution >= 0.6 is 0 Å². The Morgan fingerprint density at radius 3 is 2.57 bits per heavy atom. The first kappa shape index (κ1) is 22.2. The van der Waals surface area contributed by atoms with E-state index in [1.165, 1.54) is 12.1 Å². The third kappa shape index (κ3) is 4.80. The number of phenols is 1. The molecule has 3 rings (SSSR count). The molecule has 7 heteroatoms. The highest BCUT2D eigenvalue weighted by molar-refractivity contribution is 7.92. The lowest BCUT2D eigenvalue weighted by atomic mass is 9.92. The number of benzene rings is 2. The molecule has 0 fully saturated rings. The van der Waals surface area contributed by atoms with Gasteiger partial charge < -0.3 is 15.3 Å². The van der Waals surface area contributed by atoms with E-state index >= 15 is 0 Å². The van der Waals surface area contributed by atoms with Gasteiger partial charge in [0.15, 0.2) is 21.4 Å². The first-order valence-electron chi connectivity index (χ1n) is 9.67. The molecule has 0 saturated heterocycles. The molecule has 0 aliphatic carbocycles. The summed E-state index contributed by atoms with van der Waals surface area (Å²) in [7, 11) is -3.49. The summed E-state index contributed by atoms with van der Waals surface area (Å²) in [5.74, 6) is -1.30. The molecular weight excluding hydrogens is 407 g/mol. The van der Waals surface area contributed by atoms with Crippen molar-refractivity contribution in [3.8, 4) is 5.75 Å². The molecule has 0 unspecified atom stereocenters. The van der Waals surface area contributed by atoms with Crippen molar-refractivity contribution in [3.05, 3.63) is 76.6 Å². The Balaban J connectivity index is 1.86. The van der Waals surface area contributed by atoms with Crippen LogP contribution in [0.1, 0.15) is 30.9 Å². The summed E-state index contributed by atoms with van der Waals surface area (Å²) >= 11 is 0. The lowest BCUT2D eigenvalue weighted by molar-refractivity contribution is 0.190. The third-order valence-corrected chi connectivity index (χ3v) is 7.47. The van der Waals surface area contributed by atoms with Crippen LogP contribution in [-0.4, -0.2) is 47.5 Å². The summed E-state index contributed by atoms with van der Waals surface area (Å²) in [5, 5.41) is 28.6. The molecule has 2 aromatic rings.